The Balaban J connectivity index is 2.13. The van der Waals surface area contributed by atoms with Gasteiger partial charge in [0.05, 0.1) is 0 Å². The van der Waals surface area contributed by atoms with E-state index >= 15 is 0 Å². The predicted molar refractivity (Wildman–Crippen MR) is 101 cm³/mol. The third-order valence-electron chi connectivity index (χ3n) is 4.09. The van der Waals surface area contributed by atoms with Crippen LogP contribution in [0.25, 0.3) is 32.7 Å². The van der Waals surface area contributed by atoms with Crippen LogP contribution in [0.2, 0.25) is 0 Å². The van der Waals surface area contributed by atoms with Crippen molar-refractivity contribution in [1.82, 2.24) is 0 Å². The Morgan fingerprint density at radius 2 is 0.773 bits per heavy atom. The van der Waals surface area contributed by atoms with Crippen molar-refractivity contribution in [3.05, 3.63) is 72.8 Å². The van der Waals surface area contributed by atoms with Crippen LogP contribution in [0.3, 0.4) is 0 Å². The molecule has 22 heavy (non-hydrogen) atoms. The second-order valence-corrected chi connectivity index (χ2v) is 6.32. The van der Waals surface area contributed by atoms with Gasteiger partial charge in [0.15, 0.2) is 0 Å². The van der Waals surface area contributed by atoms with Crippen molar-refractivity contribution in [3.63, 3.8) is 0 Å². The molecule has 0 saturated carbocycles. The smallest absolute Gasteiger partial charge is 0.0119 e. The Labute approximate surface area is 140 Å². The summed E-state index contributed by atoms with van der Waals surface area (Å²) in [5, 5.41) is 4.82. The number of hydrogen-bond acceptors (Lipinski definition) is 2. The fourth-order valence-corrected chi connectivity index (χ4v) is 3.58. The van der Waals surface area contributed by atoms with Gasteiger partial charge < -0.3 is 0 Å². The monoisotopic (exact) mass is 318 g/mol. The maximum atomic E-state index is 4.59. The lowest BCUT2D eigenvalue weighted by molar-refractivity contribution is 1.53. The van der Waals surface area contributed by atoms with Gasteiger partial charge in [-0.1, -0.05) is 60.7 Å². The molecule has 4 aromatic carbocycles. The van der Waals surface area contributed by atoms with Crippen molar-refractivity contribution in [2.45, 2.75) is 9.79 Å². The SMILES string of the molecule is Sc1ccc(-c2ccc(S)c3ccccc23)c2ccccc12. The summed E-state index contributed by atoms with van der Waals surface area (Å²) in [6.45, 7) is 0. The van der Waals surface area contributed by atoms with E-state index in [1.807, 2.05) is 0 Å². The van der Waals surface area contributed by atoms with Gasteiger partial charge in [-0.15, -0.1) is 25.3 Å². The van der Waals surface area contributed by atoms with Gasteiger partial charge >= 0.3 is 0 Å². The number of fused-ring (bicyclic) bond motifs is 2. The van der Waals surface area contributed by atoms with Gasteiger partial charge in [-0.25, -0.2) is 0 Å². The normalized spacial score (nSPS) is 11.2. The Morgan fingerprint density at radius 1 is 0.409 bits per heavy atom. The zero-order chi connectivity index (χ0) is 15.1. The maximum Gasteiger partial charge on any atom is 0.0119 e. The van der Waals surface area contributed by atoms with E-state index in [1.54, 1.807) is 0 Å². The van der Waals surface area contributed by atoms with Gasteiger partial charge in [0.25, 0.3) is 0 Å². The summed E-state index contributed by atoms with van der Waals surface area (Å²) in [4.78, 5) is 2.02. The van der Waals surface area contributed by atoms with Crippen LogP contribution < -0.4 is 0 Å². The second kappa shape index (κ2) is 5.38. The molecule has 0 unspecified atom stereocenters. The summed E-state index contributed by atoms with van der Waals surface area (Å²) < 4.78 is 0. The summed E-state index contributed by atoms with van der Waals surface area (Å²) in [6.07, 6.45) is 0. The summed E-state index contributed by atoms with van der Waals surface area (Å²) in [7, 11) is 0. The Bertz CT molecular complexity index is 920. The van der Waals surface area contributed by atoms with Gasteiger partial charge in [-0.2, -0.15) is 0 Å². The first-order chi connectivity index (χ1) is 10.8. The minimum atomic E-state index is 1.01. The molecule has 0 N–H and O–H groups in total. The number of thiol groups is 2. The summed E-state index contributed by atoms with van der Waals surface area (Å²) in [6, 6.07) is 25.3. The average Bonchev–Trinajstić information content (AvgIpc) is 2.57. The van der Waals surface area contributed by atoms with Crippen LogP contribution in [0.4, 0.5) is 0 Å². The fraction of sp³-hybridized carbons (Fsp3) is 0. The lowest BCUT2D eigenvalue weighted by Gasteiger charge is -2.12. The van der Waals surface area contributed by atoms with E-state index in [-0.39, 0.29) is 0 Å². The van der Waals surface area contributed by atoms with Crippen LogP contribution >= 0.6 is 25.3 Å². The molecule has 0 amide bonds. The van der Waals surface area contributed by atoms with Gasteiger partial charge in [0, 0.05) is 9.79 Å². The largest absolute Gasteiger partial charge is 0.143 e. The molecule has 0 aliphatic carbocycles. The van der Waals surface area contributed by atoms with E-state index in [4.69, 9.17) is 0 Å². The van der Waals surface area contributed by atoms with Gasteiger partial charge in [0.2, 0.25) is 0 Å². The molecule has 0 fully saturated rings. The van der Waals surface area contributed by atoms with Crippen molar-refractivity contribution < 1.29 is 0 Å². The van der Waals surface area contributed by atoms with Crippen molar-refractivity contribution in [2.75, 3.05) is 0 Å². The molecule has 0 radical (unpaired) electrons. The summed E-state index contributed by atoms with van der Waals surface area (Å²) in [5.41, 5.74) is 2.47. The van der Waals surface area contributed by atoms with Crippen LogP contribution in [-0.2, 0) is 0 Å². The topological polar surface area (TPSA) is 0 Å². The molecule has 0 atom stereocenters. The molecule has 106 valence electrons. The highest BCUT2D eigenvalue weighted by Gasteiger charge is 2.10. The maximum absolute atomic E-state index is 4.59. The third kappa shape index (κ3) is 2.11. The molecular formula is C20H14S2. The molecule has 0 heterocycles. The van der Waals surface area contributed by atoms with Crippen LogP contribution in [0.1, 0.15) is 0 Å². The highest BCUT2D eigenvalue weighted by molar-refractivity contribution is 7.80. The molecule has 0 aromatic heterocycles. The van der Waals surface area contributed by atoms with Crippen molar-refractivity contribution in [3.8, 4) is 11.1 Å². The second-order valence-electron chi connectivity index (χ2n) is 5.36. The van der Waals surface area contributed by atoms with E-state index in [0.29, 0.717) is 0 Å². The first-order valence-corrected chi connectivity index (χ1v) is 8.07. The molecule has 0 spiro atoms. The van der Waals surface area contributed by atoms with Crippen LogP contribution in [0.15, 0.2) is 82.6 Å². The molecule has 4 aromatic rings. The predicted octanol–water partition coefficient (Wildman–Crippen LogP) is 6.24. The summed E-state index contributed by atoms with van der Waals surface area (Å²) >= 11 is 9.18. The van der Waals surface area contributed by atoms with Gasteiger partial charge in [-0.3, -0.25) is 0 Å². The zero-order valence-electron chi connectivity index (χ0n) is 11.8. The summed E-state index contributed by atoms with van der Waals surface area (Å²) in [5.74, 6) is 0. The van der Waals surface area contributed by atoms with Crippen molar-refractivity contribution in [2.24, 2.45) is 0 Å². The van der Waals surface area contributed by atoms with Crippen LogP contribution in [-0.4, -0.2) is 0 Å². The average molecular weight is 318 g/mol. The first-order valence-electron chi connectivity index (χ1n) is 7.17. The first kappa shape index (κ1) is 13.7. The van der Waals surface area contributed by atoms with E-state index in [1.165, 1.54) is 32.7 Å². The van der Waals surface area contributed by atoms with Crippen molar-refractivity contribution >= 4 is 46.8 Å². The lowest BCUT2D eigenvalue weighted by atomic mass is 9.94. The van der Waals surface area contributed by atoms with Gasteiger partial charge in [0.1, 0.15) is 0 Å². The number of rotatable bonds is 1. The van der Waals surface area contributed by atoms with Crippen LogP contribution in [0, 0.1) is 0 Å². The number of benzene rings is 4. The molecule has 0 bridgehead atoms. The Hall–Kier alpha value is -1.90. The van der Waals surface area contributed by atoms with Crippen molar-refractivity contribution in [1.29, 1.82) is 0 Å². The fourth-order valence-electron chi connectivity index (χ4n) is 3.04. The molecular weight excluding hydrogens is 304 g/mol. The van der Waals surface area contributed by atoms with E-state index in [9.17, 15) is 0 Å². The lowest BCUT2D eigenvalue weighted by Crippen LogP contribution is -1.86. The minimum absolute atomic E-state index is 1.01. The molecule has 0 aliphatic rings. The van der Waals surface area contributed by atoms with Gasteiger partial charge in [-0.05, 0) is 44.8 Å². The molecule has 0 aliphatic heterocycles. The molecule has 4 rings (SSSR count). The molecule has 2 heteroatoms. The highest BCUT2D eigenvalue weighted by Crippen LogP contribution is 2.37. The van der Waals surface area contributed by atoms with E-state index < -0.39 is 0 Å². The molecule has 0 saturated heterocycles. The third-order valence-corrected chi connectivity index (χ3v) is 4.87. The minimum Gasteiger partial charge on any atom is -0.143 e. The Morgan fingerprint density at radius 3 is 1.18 bits per heavy atom. The quantitative estimate of drug-likeness (QED) is 0.381. The Kier molecular flexibility index (Phi) is 3.36. The highest BCUT2D eigenvalue weighted by atomic mass is 32.1. The number of hydrogen-bond donors (Lipinski definition) is 2. The standard InChI is InChI=1S/C20H14S2/c21-19-11-9-15(13-5-1-3-7-17(13)19)16-10-12-20(22)18-8-4-2-6-14(16)18/h1-12,21-22H. The molecule has 0 nitrogen and oxygen atoms in total. The zero-order valence-corrected chi connectivity index (χ0v) is 13.6. The van der Waals surface area contributed by atoms with E-state index in [0.717, 1.165) is 9.79 Å². The van der Waals surface area contributed by atoms with E-state index in [2.05, 4.69) is 98.1 Å². The van der Waals surface area contributed by atoms with Crippen LogP contribution in [0.5, 0.6) is 0 Å².